The van der Waals surface area contributed by atoms with Gasteiger partial charge in [-0.05, 0) is 37.0 Å². The summed E-state index contributed by atoms with van der Waals surface area (Å²) < 4.78 is 62.0. The highest BCUT2D eigenvalue weighted by molar-refractivity contribution is 7.91. The molecule has 3 nitrogen and oxygen atoms in total. The third-order valence-corrected chi connectivity index (χ3v) is 5.55. The van der Waals surface area contributed by atoms with E-state index in [1.54, 1.807) is 0 Å². The Labute approximate surface area is 115 Å². The highest BCUT2D eigenvalue weighted by atomic mass is 32.2. The van der Waals surface area contributed by atoms with Crippen LogP contribution < -0.4 is 5.73 Å². The van der Waals surface area contributed by atoms with Gasteiger partial charge in [0.05, 0.1) is 21.9 Å². The lowest BCUT2D eigenvalue weighted by Crippen LogP contribution is -2.16. The van der Waals surface area contributed by atoms with Gasteiger partial charge in [-0.1, -0.05) is 12.8 Å². The Morgan fingerprint density at radius 3 is 2.30 bits per heavy atom. The predicted octanol–water partition coefficient (Wildman–Crippen LogP) is 3.25. The summed E-state index contributed by atoms with van der Waals surface area (Å²) in [4.78, 5) is -0.197. The summed E-state index contributed by atoms with van der Waals surface area (Å²) in [5, 5.41) is 0. The molecule has 0 atom stereocenters. The molecule has 1 saturated carbocycles. The fraction of sp³-hybridized carbons (Fsp3) is 0.538. The van der Waals surface area contributed by atoms with E-state index in [2.05, 4.69) is 0 Å². The minimum Gasteiger partial charge on any atom is -0.398 e. The molecule has 0 unspecified atom stereocenters. The summed E-state index contributed by atoms with van der Waals surface area (Å²) in [6.45, 7) is 0. The molecule has 0 bridgehead atoms. The molecule has 0 saturated heterocycles. The van der Waals surface area contributed by atoms with Crippen LogP contribution in [0.3, 0.4) is 0 Å². The molecule has 2 rings (SSSR count). The molecule has 0 aromatic heterocycles. The molecule has 1 aromatic rings. The van der Waals surface area contributed by atoms with Crippen LogP contribution in [-0.2, 0) is 16.0 Å². The topological polar surface area (TPSA) is 60.2 Å². The fourth-order valence-corrected chi connectivity index (χ4v) is 4.41. The van der Waals surface area contributed by atoms with Gasteiger partial charge < -0.3 is 5.73 Å². The van der Waals surface area contributed by atoms with Gasteiger partial charge in [0, 0.05) is 0 Å². The van der Waals surface area contributed by atoms with Crippen molar-refractivity contribution in [3.63, 3.8) is 0 Å². The fourth-order valence-electron chi connectivity index (χ4n) is 2.59. The monoisotopic (exact) mass is 307 g/mol. The van der Waals surface area contributed by atoms with E-state index in [0.717, 1.165) is 37.8 Å². The van der Waals surface area contributed by atoms with E-state index in [9.17, 15) is 21.6 Å². The van der Waals surface area contributed by atoms with Crippen molar-refractivity contribution < 1.29 is 21.6 Å². The Hall–Kier alpha value is -1.24. The van der Waals surface area contributed by atoms with Crippen LogP contribution >= 0.6 is 0 Å². The van der Waals surface area contributed by atoms with E-state index < -0.39 is 21.6 Å². The van der Waals surface area contributed by atoms with Crippen molar-refractivity contribution in [1.82, 2.24) is 0 Å². The van der Waals surface area contributed by atoms with Gasteiger partial charge in [-0.3, -0.25) is 0 Å². The zero-order chi connectivity index (χ0) is 15.0. The van der Waals surface area contributed by atoms with Crippen LogP contribution in [0, 0.1) is 5.92 Å². The summed E-state index contributed by atoms with van der Waals surface area (Å²) >= 11 is 0. The first-order valence-electron chi connectivity index (χ1n) is 6.39. The van der Waals surface area contributed by atoms with Gasteiger partial charge in [0.2, 0.25) is 0 Å². The zero-order valence-electron chi connectivity index (χ0n) is 10.8. The molecule has 1 aromatic carbocycles. The SMILES string of the molecule is Nc1cc(C(F)(F)F)ccc1S(=O)(=O)CC1CCCC1. The van der Waals surface area contributed by atoms with E-state index in [0.29, 0.717) is 6.07 Å². The molecular formula is C13H16F3NO2S. The third kappa shape index (κ3) is 3.26. The minimum atomic E-state index is -4.53. The quantitative estimate of drug-likeness (QED) is 0.872. The number of sulfone groups is 1. The van der Waals surface area contributed by atoms with E-state index >= 15 is 0 Å². The summed E-state index contributed by atoms with van der Waals surface area (Å²) in [5.74, 6) is 0.0458. The Balaban J connectivity index is 2.28. The number of nitrogen functional groups attached to an aromatic ring is 1. The first kappa shape index (κ1) is 15.2. The summed E-state index contributed by atoms with van der Waals surface area (Å²) in [6.07, 6.45) is -0.827. The van der Waals surface area contributed by atoms with Crippen LogP contribution in [0.15, 0.2) is 23.1 Å². The normalized spacial score (nSPS) is 17.6. The van der Waals surface area contributed by atoms with Crippen molar-refractivity contribution in [3.8, 4) is 0 Å². The first-order valence-corrected chi connectivity index (χ1v) is 8.05. The Morgan fingerprint density at radius 2 is 1.80 bits per heavy atom. The van der Waals surface area contributed by atoms with Crippen LogP contribution in [0.4, 0.5) is 18.9 Å². The molecule has 0 amide bonds. The maximum Gasteiger partial charge on any atom is 0.416 e. The summed E-state index contributed by atoms with van der Waals surface area (Å²) in [7, 11) is -3.63. The molecule has 1 aliphatic carbocycles. The largest absolute Gasteiger partial charge is 0.416 e. The third-order valence-electron chi connectivity index (χ3n) is 3.60. The standard InChI is InChI=1S/C13H16F3NO2S/c14-13(15,16)10-5-6-12(11(17)7-10)20(18,19)8-9-3-1-2-4-9/h5-7,9H,1-4,8,17H2. The average Bonchev–Trinajstić information content (AvgIpc) is 2.79. The molecule has 20 heavy (non-hydrogen) atoms. The van der Waals surface area contributed by atoms with Crippen LogP contribution in [0.1, 0.15) is 31.2 Å². The van der Waals surface area contributed by atoms with Gasteiger partial charge in [0.15, 0.2) is 9.84 Å². The van der Waals surface area contributed by atoms with Crippen LogP contribution in [-0.4, -0.2) is 14.2 Å². The first-order chi connectivity index (χ1) is 9.20. The lowest BCUT2D eigenvalue weighted by atomic mass is 10.1. The molecule has 112 valence electrons. The number of nitrogens with two attached hydrogens (primary N) is 1. The van der Waals surface area contributed by atoms with Gasteiger partial charge >= 0.3 is 6.18 Å². The molecule has 7 heteroatoms. The van der Waals surface area contributed by atoms with Gasteiger partial charge in [-0.25, -0.2) is 8.42 Å². The van der Waals surface area contributed by atoms with Crippen LogP contribution in [0.5, 0.6) is 0 Å². The number of halogens is 3. The van der Waals surface area contributed by atoms with Crippen molar-refractivity contribution in [3.05, 3.63) is 23.8 Å². The van der Waals surface area contributed by atoms with E-state index in [-0.39, 0.29) is 22.3 Å². The molecule has 1 aliphatic rings. The molecule has 0 radical (unpaired) electrons. The van der Waals surface area contributed by atoms with Crippen LogP contribution in [0.2, 0.25) is 0 Å². The number of benzene rings is 1. The number of hydrogen-bond acceptors (Lipinski definition) is 3. The zero-order valence-corrected chi connectivity index (χ0v) is 11.6. The maximum atomic E-state index is 12.5. The Bertz CT molecular complexity index is 590. The van der Waals surface area contributed by atoms with Crippen molar-refractivity contribution in [2.75, 3.05) is 11.5 Å². The number of rotatable bonds is 3. The highest BCUT2D eigenvalue weighted by Gasteiger charge is 2.32. The van der Waals surface area contributed by atoms with E-state index in [4.69, 9.17) is 5.73 Å². The van der Waals surface area contributed by atoms with Crippen molar-refractivity contribution >= 4 is 15.5 Å². The molecule has 0 aliphatic heterocycles. The molecular weight excluding hydrogens is 291 g/mol. The van der Waals surface area contributed by atoms with Gasteiger partial charge in [-0.15, -0.1) is 0 Å². The van der Waals surface area contributed by atoms with E-state index in [1.807, 2.05) is 0 Å². The summed E-state index contributed by atoms with van der Waals surface area (Å²) in [5.41, 5.74) is 4.23. The minimum absolute atomic E-state index is 0.0391. The second kappa shape index (κ2) is 5.27. The van der Waals surface area contributed by atoms with Gasteiger partial charge in [0.1, 0.15) is 0 Å². The van der Waals surface area contributed by atoms with Gasteiger partial charge in [0.25, 0.3) is 0 Å². The van der Waals surface area contributed by atoms with Gasteiger partial charge in [-0.2, -0.15) is 13.2 Å². The van der Waals surface area contributed by atoms with E-state index in [1.165, 1.54) is 0 Å². The molecule has 2 N–H and O–H groups in total. The van der Waals surface area contributed by atoms with Crippen LogP contribution in [0.25, 0.3) is 0 Å². The maximum absolute atomic E-state index is 12.5. The Morgan fingerprint density at radius 1 is 1.20 bits per heavy atom. The lowest BCUT2D eigenvalue weighted by molar-refractivity contribution is -0.137. The lowest BCUT2D eigenvalue weighted by Gasteiger charge is -2.13. The van der Waals surface area contributed by atoms with Crippen molar-refractivity contribution in [1.29, 1.82) is 0 Å². The summed E-state index contributed by atoms with van der Waals surface area (Å²) in [6, 6.07) is 2.40. The number of hydrogen-bond donors (Lipinski definition) is 1. The second-order valence-electron chi connectivity index (χ2n) is 5.18. The Kier molecular flexibility index (Phi) is 4.00. The molecule has 1 fully saturated rings. The van der Waals surface area contributed by atoms with Crippen molar-refractivity contribution in [2.45, 2.75) is 36.8 Å². The van der Waals surface area contributed by atoms with Crippen molar-refractivity contribution in [2.24, 2.45) is 5.92 Å². The predicted molar refractivity (Wildman–Crippen MR) is 69.9 cm³/mol. The smallest absolute Gasteiger partial charge is 0.398 e. The average molecular weight is 307 g/mol. The highest BCUT2D eigenvalue weighted by Crippen LogP contribution is 2.34. The second-order valence-corrected chi connectivity index (χ2v) is 7.18. The number of anilines is 1. The molecule has 0 heterocycles. The molecule has 0 spiro atoms. The number of alkyl halides is 3.